The molecule has 11 heavy (non-hydrogen) atoms. The van der Waals surface area contributed by atoms with Crippen LogP contribution in [0.1, 0.15) is 31.0 Å². The standard InChI is InChI=1S/C8H14N2S/c1-3-5-7-10-6(4-2)8(9)11-7/h3-5,9H2,1-2H3. The molecular formula is C8H14N2S. The van der Waals surface area contributed by atoms with Gasteiger partial charge in [-0.05, 0) is 19.3 Å². The fourth-order valence-electron chi connectivity index (χ4n) is 0.988. The Bertz CT molecular complexity index is 230. The molecule has 2 nitrogen and oxygen atoms in total. The zero-order chi connectivity index (χ0) is 8.27. The number of aryl methyl sites for hydroxylation is 2. The third kappa shape index (κ3) is 1.93. The molecule has 0 fully saturated rings. The zero-order valence-corrected chi connectivity index (χ0v) is 7.87. The van der Waals surface area contributed by atoms with E-state index in [1.165, 1.54) is 5.01 Å². The number of nitrogens with two attached hydrogens (primary N) is 1. The molecule has 1 aromatic rings. The molecule has 0 amide bonds. The predicted molar refractivity (Wildman–Crippen MR) is 49.9 cm³/mol. The molecule has 1 rings (SSSR count). The van der Waals surface area contributed by atoms with E-state index in [-0.39, 0.29) is 0 Å². The van der Waals surface area contributed by atoms with Gasteiger partial charge >= 0.3 is 0 Å². The van der Waals surface area contributed by atoms with Crippen LogP contribution in [0.2, 0.25) is 0 Å². The van der Waals surface area contributed by atoms with Gasteiger partial charge in [-0.1, -0.05) is 13.8 Å². The second-order valence-electron chi connectivity index (χ2n) is 2.52. The van der Waals surface area contributed by atoms with Gasteiger partial charge in [0, 0.05) is 0 Å². The Morgan fingerprint density at radius 2 is 2.18 bits per heavy atom. The lowest BCUT2D eigenvalue weighted by Crippen LogP contribution is -1.88. The van der Waals surface area contributed by atoms with E-state index in [0.29, 0.717) is 0 Å². The molecule has 0 aromatic carbocycles. The molecule has 0 aliphatic heterocycles. The fraction of sp³-hybridized carbons (Fsp3) is 0.625. The molecule has 0 saturated heterocycles. The Labute approximate surface area is 71.5 Å². The van der Waals surface area contributed by atoms with E-state index in [4.69, 9.17) is 5.73 Å². The molecule has 0 saturated carbocycles. The van der Waals surface area contributed by atoms with Crippen molar-refractivity contribution < 1.29 is 0 Å². The minimum atomic E-state index is 0.899. The van der Waals surface area contributed by atoms with Crippen molar-refractivity contribution in [3.05, 3.63) is 10.7 Å². The molecule has 3 heteroatoms. The largest absolute Gasteiger partial charge is 0.389 e. The van der Waals surface area contributed by atoms with Crippen LogP contribution in [0.4, 0.5) is 5.00 Å². The summed E-state index contributed by atoms with van der Waals surface area (Å²) in [5.41, 5.74) is 6.81. The van der Waals surface area contributed by atoms with Gasteiger partial charge in [-0.2, -0.15) is 0 Å². The summed E-state index contributed by atoms with van der Waals surface area (Å²) in [4.78, 5) is 4.41. The van der Waals surface area contributed by atoms with Gasteiger partial charge in [0.25, 0.3) is 0 Å². The van der Waals surface area contributed by atoms with Gasteiger partial charge in [0.2, 0.25) is 0 Å². The van der Waals surface area contributed by atoms with Crippen molar-refractivity contribution in [2.24, 2.45) is 0 Å². The topological polar surface area (TPSA) is 38.9 Å². The molecule has 2 N–H and O–H groups in total. The van der Waals surface area contributed by atoms with E-state index in [1.807, 2.05) is 0 Å². The van der Waals surface area contributed by atoms with Gasteiger partial charge in [-0.3, -0.25) is 0 Å². The zero-order valence-electron chi connectivity index (χ0n) is 7.05. The number of aromatic nitrogens is 1. The van der Waals surface area contributed by atoms with Gasteiger partial charge in [0.15, 0.2) is 0 Å². The summed E-state index contributed by atoms with van der Waals surface area (Å²) in [5, 5.41) is 2.08. The third-order valence-corrected chi connectivity index (χ3v) is 2.56. The van der Waals surface area contributed by atoms with Crippen LogP contribution in [0, 0.1) is 0 Å². The van der Waals surface area contributed by atoms with Gasteiger partial charge < -0.3 is 5.73 Å². The summed E-state index contributed by atoms with van der Waals surface area (Å²) in [6.07, 6.45) is 3.16. The Kier molecular flexibility index (Phi) is 2.88. The first-order valence-electron chi connectivity index (χ1n) is 4.02. The third-order valence-electron chi connectivity index (χ3n) is 1.57. The smallest absolute Gasteiger partial charge is 0.109 e. The Morgan fingerprint density at radius 1 is 1.45 bits per heavy atom. The number of nitrogen functional groups attached to an aromatic ring is 1. The maximum absolute atomic E-state index is 5.74. The molecule has 0 radical (unpaired) electrons. The van der Waals surface area contributed by atoms with Crippen LogP contribution in [-0.4, -0.2) is 4.98 Å². The number of rotatable bonds is 3. The number of anilines is 1. The summed E-state index contributed by atoms with van der Waals surface area (Å²) in [7, 11) is 0. The molecule has 0 atom stereocenters. The predicted octanol–water partition coefficient (Wildman–Crippen LogP) is 2.24. The first-order chi connectivity index (χ1) is 5.27. The van der Waals surface area contributed by atoms with Crippen LogP contribution in [0.3, 0.4) is 0 Å². The second-order valence-corrected chi connectivity index (χ2v) is 3.64. The lowest BCUT2D eigenvalue weighted by atomic mass is 10.3. The molecule has 1 heterocycles. The summed E-state index contributed by atoms with van der Waals surface area (Å²) in [6, 6.07) is 0. The Morgan fingerprint density at radius 3 is 2.64 bits per heavy atom. The molecule has 62 valence electrons. The molecule has 1 aromatic heterocycles. The van der Waals surface area contributed by atoms with Crippen molar-refractivity contribution in [2.45, 2.75) is 33.1 Å². The lowest BCUT2D eigenvalue weighted by molar-refractivity contribution is 0.894. The molecule has 0 aliphatic rings. The van der Waals surface area contributed by atoms with Crippen molar-refractivity contribution >= 4 is 16.3 Å². The van der Waals surface area contributed by atoms with E-state index >= 15 is 0 Å². The van der Waals surface area contributed by atoms with Gasteiger partial charge in [-0.25, -0.2) is 4.98 Å². The summed E-state index contributed by atoms with van der Waals surface area (Å²) < 4.78 is 0. The SMILES string of the molecule is CCCc1nc(CC)c(N)s1. The monoisotopic (exact) mass is 170 g/mol. The average Bonchev–Trinajstić information content (AvgIpc) is 2.32. The van der Waals surface area contributed by atoms with E-state index in [0.717, 1.165) is 30.0 Å². The molecule has 0 unspecified atom stereocenters. The maximum Gasteiger partial charge on any atom is 0.109 e. The first-order valence-corrected chi connectivity index (χ1v) is 4.83. The average molecular weight is 170 g/mol. The highest BCUT2D eigenvalue weighted by molar-refractivity contribution is 7.15. The van der Waals surface area contributed by atoms with Crippen molar-refractivity contribution in [3.63, 3.8) is 0 Å². The van der Waals surface area contributed by atoms with Crippen LogP contribution in [0.25, 0.3) is 0 Å². The first kappa shape index (κ1) is 8.53. The normalized spacial score (nSPS) is 10.4. The van der Waals surface area contributed by atoms with Gasteiger partial charge in [0.1, 0.15) is 5.00 Å². The lowest BCUT2D eigenvalue weighted by Gasteiger charge is -1.87. The Hall–Kier alpha value is -0.570. The van der Waals surface area contributed by atoms with Crippen LogP contribution in [-0.2, 0) is 12.8 Å². The molecule has 0 aliphatic carbocycles. The van der Waals surface area contributed by atoms with Crippen molar-refractivity contribution in [1.82, 2.24) is 4.98 Å². The minimum Gasteiger partial charge on any atom is -0.389 e. The summed E-state index contributed by atoms with van der Waals surface area (Å²) in [6.45, 7) is 4.24. The van der Waals surface area contributed by atoms with Crippen molar-refractivity contribution in [3.8, 4) is 0 Å². The number of nitrogens with zero attached hydrogens (tertiary/aromatic N) is 1. The molecular weight excluding hydrogens is 156 g/mol. The van der Waals surface area contributed by atoms with E-state index in [1.54, 1.807) is 11.3 Å². The maximum atomic E-state index is 5.74. The van der Waals surface area contributed by atoms with Crippen LogP contribution >= 0.6 is 11.3 Å². The van der Waals surface area contributed by atoms with Crippen molar-refractivity contribution in [2.75, 3.05) is 5.73 Å². The molecule has 0 spiro atoms. The Balaban J connectivity index is 2.77. The van der Waals surface area contributed by atoms with Gasteiger partial charge in [-0.15, -0.1) is 11.3 Å². The fourth-order valence-corrected chi connectivity index (χ4v) is 2.01. The highest BCUT2D eigenvalue weighted by atomic mass is 32.1. The second kappa shape index (κ2) is 3.72. The summed E-state index contributed by atoms with van der Waals surface area (Å²) >= 11 is 1.63. The van der Waals surface area contributed by atoms with E-state index < -0.39 is 0 Å². The van der Waals surface area contributed by atoms with Crippen LogP contribution < -0.4 is 5.73 Å². The molecule has 0 bridgehead atoms. The highest BCUT2D eigenvalue weighted by Crippen LogP contribution is 2.22. The van der Waals surface area contributed by atoms with E-state index in [2.05, 4.69) is 18.8 Å². The number of thiazole rings is 1. The van der Waals surface area contributed by atoms with Crippen LogP contribution in [0.15, 0.2) is 0 Å². The minimum absolute atomic E-state index is 0.899. The highest BCUT2D eigenvalue weighted by Gasteiger charge is 2.04. The summed E-state index contributed by atoms with van der Waals surface area (Å²) in [5.74, 6) is 0. The number of hydrogen-bond donors (Lipinski definition) is 1. The van der Waals surface area contributed by atoms with E-state index in [9.17, 15) is 0 Å². The van der Waals surface area contributed by atoms with Gasteiger partial charge in [0.05, 0.1) is 10.7 Å². The quantitative estimate of drug-likeness (QED) is 0.755. The number of hydrogen-bond acceptors (Lipinski definition) is 3. The van der Waals surface area contributed by atoms with Crippen LogP contribution in [0.5, 0.6) is 0 Å². The van der Waals surface area contributed by atoms with Crippen molar-refractivity contribution in [1.29, 1.82) is 0 Å².